The molecular weight excluding hydrogens is 504 g/mol. The number of piperidine rings is 1. The van der Waals surface area contributed by atoms with Crippen LogP contribution in [0, 0.1) is 19.8 Å². The summed E-state index contributed by atoms with van der Waals surface area (Å²) in [4.78, 5) is 22.9. The van der Waals surface area contributed by atoms with Crippen molar-refractivity contribution < 1.29 is 13.2 Å². The molecule has 0 bridgehead atoms. The van der Waals surface area contributed by atoms with Crippen molar-refractivity contribution in [2.24, 2.45) is 5.92 Å². The summed E-state index contributed by atoms with van der Waals surface area (Å²) in [5.41, 5.74) is 3.65. The Kier molecular flexibility index (Phi) is 8.68. The molecule has 3 aromatic rings. The van der Waals surface area contributed by atoms with E-state index in [2.05, 4.69) is 51.7 Å². The van der Waals surface area contributed by atoms with Crippen LogP contribution in [0.2, 0.25) is 0 Å². The number of benzene rings is 2. The number of anilines is 1. The van der Waals surface area contributed by atoms with E-state index in [0.29, 0.717) is 36.2 Å². The number of amides is 1. The number of sulfonamides is 1. The molecule has 0 saturated carbocycles. The van der Waals surface area contributed by atoms with Crippen molar-refractivity contribution in [1.82, 2.24) is 14.2 Å². The Morgan fingerprint density at radius 2 is 1.81 bits per heavy atom. The van der Waals surface area contributed by atoms with Crippen molar-refractivity contribution in [3.05, 3.63) is 53.1 Å². The van der Waals surface area contributed by atoms with Crippen molar-refractivity contribution in [2.75, 3.05) is 44.2 Å². The normalized spacial score (nSPS) is 17.0. The molecule has 9 heteroatoms. The Morgan fingerprint density at radius 1 is 1.11 bits per heavy atom. The Morgan fingerprint density at radius 3 is 2.46 bits per heavy atom. The molecule has 0 N–H and O–H groups in total. The van der Waals surface area contributed by atoms with Gasteiger partial charge < -0.3 is 4.90 Å². The average Bonchev–Trinajstić information content (AvgIpc) is 3.30. The van der Waals surface area contributed by atoms with Gasteiger partial charge in [-0.15, -0.1) is 0 Å². The van der Waals surface area contributed by atoms with Crippen molar-refractivity contribution in [3.63, 3.8) is 0 Å². The number of nitrogens with zero attached hydrogens (tertiary/aromatic N) is 4. The van der Waals surface area contributed by atoms with Crippen LogP contribution in [0.1, 0.15) is 55.1 Å². The standard InChI is InChI=1S/C28H38N4O3S2/c1-6-30(7-2)15-16-32(28-29-25-18-21(4)17-22(5)26(25)36-28)27(33)23-10-12-24(13-11-23)37(34,35)31-14-8-9-20(3)19-31/h10-13,17-18,20H,6-9,14-16,19H2,1-5H3. The summed E-state index contributed by atoms with van der Waals surface area (Å²) in [6, 6.07) is 10.6. The number of aryl methyl sites for hydroxylation is 2. The monoisotopic (exact) mass is 542 g/mol. The largest absolute Gasteiger partial charge is 0.302 e. The first-order valence-electron chi connectivity index (χ1n) is 13.2. The fraction of sp³-hybridized carbons (Fsp3) is 0.500. The summed E-state index contributed by atoms with van der Waals surface area (Å²) in [6.07, 6.45) is 1.92. The average molecular weight is 543 g/mol. The molecule has 37 heavy (non-hydrogen) atoms. The van der Waals surface area contributed by atoms with E-state index in [4.69, 9.17) is 4.98 Å². The molecule has 200 valence electrons. The fourth-order valence-corrected chi connectivity index (χ4v) is 7.62. The third kappa shape index (κ3) is 6.06. The summed E-state index contributed by atoms with van der Waals surface area (Å²) in [6.45, 7) is 14.6. The second-order valence-electron chi connectivity index (χ2n) is 10.0. The first-order valence-corrected chi connectivity index (χ1v) is 15.4. The highest BCUT2D eigenvalue weighted by Crippen LogP contribution is 2.33. The van der Waals surface area contributed by atoms with Crippen molar-refractivity contribution >= 4 is 42.6 Å². The number of carbonyl (C=O) groups excluding carboxylic acids is 1. The molecule has 0 radical (unpaired) electrons. The quantitative estimate of drug-likeness (QED) is 0.366. The maximum absolute atomic E-state index is 13.8. The lowest BCUT2D eigenvalue weighted by molar-refractivity contribution is 0.0983. The van der Waals surface area contributed by atoms with E-state index in [-0.39, 0.29) is 10.8 Å². The minimum Gasteiger partial charge on any atom is -0.302 e. The summed E-state index contributed by atoms with van der Waals surface area (Å²) in [5.74, 6) is 0.182. The number of hydrogen-bond acceptors (Lipinski definition) is 6. The van der Waals surface area contributed by atoms with Gasteiger partial charge in [0, 0.05) is 31.7 Å². The third-order valence-corrected chi connectivity index (χ3v) is 10.3. The van der Waals surface area contributed by atoms with Crippen LogP contribution < -0.4 is 4.90 Å². The van der Waals surface area contributed by atoms with E-state index in [1.807, 2.05) is 0 Å². The molecule has 0 aliphatic carbocycles. The lowest BCUT2D eigenvalue weighted by Crippen LogP contribution is -2.39. The second kappa shape index (κ2) is 11.6. The summed E-state index contributed by atoms with van der Waals surface area (Å²) in [5, 5.41) is 0.667. The summed E-state index contributed by atoms with van der Waals surface area (Å²) in [7, 11) is -3.57. The molecule has 0 spiro atoms. The van der Waals surface area contributed by atoms with Gasteiger partial charge in [0.05, 0.1) is 15.1 Å². The number of rotatable bonds is 9. The smallest absolute Gasteiger partial charge is 0.260 e. The molecule has 1 saturated heterocycles. The Balaban J connectivity index is 1.63. The van der Waals surface area contributed by atoms with E-state index in [0.717, 1.165) is 53.8 Å². The molecule has 1 aromatic heterocycles. The highest BCUT2D eigenvalue weighted by Gasteiger charge is 2.29. The van der Waals surface area contributed by atoms with E-state index in [1.54, 1.807) is 33.5 Å². The summed E-state index contributed by atoms with van der Waals surface area (Å²) >= 11 is 1.53. The number of aromatic nitrogens is 1. The van der Waals surface area contributed by atoms with Gasteiger partial charge in [0.2, 0.25) is 10.0 Å². The number of carbonyl (C=O) groups is 1. The summed E-state index contributed by atoms with van der Waals surface area (Å²) < 4.78 is 29.0. The number of hydrogen-bond donors (Lipinski definition) is 0. The predicted molar refractivity (Wildman–Crippen MR) is 152 cm³/mol. The predicted octanol–water partition coefficient (Wildman–Crippen LogP) is 5.32. The molecule has 1 aliphatic heterocycles. The van der Waals surface area contributed by atoms with E-state index in [1.165, 1.54) is 11.3 Å². The van der Waals surface area contributed by atoms with E-state index < -0.39 is 10.0 Å². The minimum atomic E-state index is -3.57. The van der Waals surface area contributed by atoms with Crippen LogP contribution in [0.5, 0.6) is 0 Å². The molecule has 1 amide bonds. The van der Waals surface area contributed by atoms with Crippen LogP contribution in [-0.2, 0) is 10.0 Å². The Bertz CT molecular complexity index is 1350. The van der Waals surface area contributed by atoms with Crippen LogP contribution in [0.25, 0.3) is 10.2 Å². The molecular formula is C28H38N4O3S2. The topological polar surface area (TPSA) is 73.8 Å². The van der Waals surface area contributed by atoms with Gasteiger partial charge >= 0.3 is 0 Å². The first kappa shape index (κ1) is 27.7. The maximum atomic E-state index is 13.8. The van der Waals surface area contributed by atoms with Crippen molar-refractivity contribution in [1.29, 1.82) is 0 Å². The maximum Gasteiger partial charge on any atom is 0.260 e. The van der Waals surface area contributed by atoms with Crippen LogP contribution in [0.3, 0.4) is 0 Å². The van der Waals surface area contributed by atoms with Gasteiger partial charge in [-0.05, 0) is 87.2 Å². The van der Waals surface area contributed by atoms with Gasteiger partial charge in [-0.2, -0.15) is 4.31 Å². The zero-order valence-electron chi connectivity index (χ0n) is 22.5. The number of thiazole rings is 1. The zero-order chi connectivity index (χ0) is 26.7. The van der Waals surface area contributed by atoms with Crippen LogP contribution in [0.15, 0.2) is 41.3 Å². The molecule has 1 aliphatic rings. The molecule has 1 fully saturated rings. The van der Waals surface area contributed by atoms with Crippen LogP contribution >= 0.6 is 11.3 Å². The molecule has 7 nitrogen and oxygen atoms in total. The SMILES string of the molecule is CCN(CC)CCN(C(=O)c1ccc(S(=O)(=O)N2CCCC(C)C2)cc1)c1nc2cc(C)cc(C)c2s1. The number of fused-ring (bicyclic) bond motifs is 1. The third-order valence-electron chi connectivity index (χ3n) is 7.18. The molecule has 4 rings (SSSR count). The molecule has 1 atom stereocenters. The zero-order valence-corrected chi connectivity index (χ0v) is 24.2. The lowest BCUT2D eigenvalue weighted by Gasteiger charge is -2.30. The fourth-order valence-electron chi connectivity index (χ4n) is 4.98. The van der Waals surface area contributed by atoms with Gasteiger partial charge in [-0.1, -0.05) is 38.2 Å². The van der Waals surface area contributed by atoms with Gasteiger partial charge in [0.15, 0.2) is 5.13 Å². The first-order chi connectivity index (χ1) is 17.6. The van der Waals surface area contributed by atoms with Gasteiger partial charge in [0.1, 0.15) is 0 Å². The lowest BCUT2D eigenvalue weighted by atomic mass is 10.0. The van der Waals surface area contributed by atoms with Crippen molar-refractivity contribution in [2.45, 2.75) is 52.4 Å². The molecule has 1 unspecified atom stereocenters. The minimum absolute atomic E-state index is 0.170. The number of likely N-dealkylation sites (N-methyl/N-ethyl adjacent to an activating group) is 1. The molecule has 2 aromatic carbocycles. The van der Waals surface area contributed by atoms with Gasteiger partial charge in [-0.25, -0.2) is 13.4 Å². The molecule has 2 heterocycles. The van der Waals surface area contributed by atoms with E-state index >= 15 is 0 Å². The van der Waals surface area contributed by atoms with E-state index in [9.17, 15) is 13.2 Å². The van der Waals surface area contributed by atoms with Crippen LogP contribution in [0.4, 0.5) is 5.13 Å². The second-order valence-corrected chi connectivity index (χ2v) is 13.0. The van der Waals surface area contributed by atoms with Crippen molar-refractivity contribution in [3.8, 4) is 0 Å². The van der Waals surface area contributed by atoms with Gasteiger partial charge in [0.25, 0.3) is 5.91 Å². The highest BCUT2D eigenvalue weighted by molar-refractivity contribution is 7.89. The Labute approximate surface area is 225 Å². The highest BCUT2D eigenvalue weighted by atomic mass is 32.2. The van der Waals surface area contributed by atoms with Crippen LogP contribution in [-0.4, -0.2) is 67.8 Å². The van der Waals surface area contributed by atoms with Gasteiger partial charge in [-0.3, -0.25) is 9.69 Å². The Hall–Kier alpha value is -2.33.